The predicted molar refractivity (Wildman–Crippen MR) is 99.3 cm³/mol. The zero-order valence-electron chi connectivity index (χ0n) is 14.3. The van der Waals surface area contributed by atoms with Gasteiger partial charge >= 0.3 is 6.03 Å². The molecule has 130 valence electrons. The maximum Gasteiger partial charge on any atom is 0.325 e. The monoisotopic (exact) mass is 402 g/mol. The third-order valence-corrected chi connectivity index (χ3v) is 5.30. The molecule has 2 amide bonds. The summed E-state index contributed by atoms with van der Waals surface area (Å²) in [6.45, 7) is 3.94. The molecule has 6 heteroatoms. The lowest BCUT2D eigenvalue weighted by molar-refractivity contribution is 0.0374. The van der Waals surface area contributed by atoms with E-state index in [0.29, 0.717) is 17.9 Å². The van der Waals surface area contributed by atoms with E-state index in [0.717, 1.165) is 21.3 Å². The van der Waals surface area contributed by atoms with E-state index in [-0.39, 0.29) is 12.1 Å². The molecule has 4 rings (SSSR count). The number of fused-ring (bicyclic) bond motifs is 4. The summed E-state index contributed by atoms with van der Waals surface area (Å²) in [7, 11) is 1.61. The molecule has 2 aromatic rings. The zero-order valence-corrected chi connectivity index (χ0v) is 15.9. The molecule has 2 unspecified atom stereocenters. The number of nitrogens with zero attached hydrogens (tertiary/aromatic N) is 1. The van der Waals surface area contributed by atoms with E-state index >= 15 is 0 Å². The molecule has 1 saturated heterocycles. The molecule has 0 saturated carbocycles. The summed E-state index contributed by atoms with van der Waals surface area (Å²) >= 11 is 3.49. The van der Waals surface area contributed by atoms with Crippen LogP contribution >= 0.6 is 15.9 Å². The Morgan fingerprint density at radius 2 is 2.12 bits per heavy atom. The normalized spacial score (nSPS) is 24.2. The number of benzene rings is 2. The van der Waals surface area contributed by atoms with E-state index < -0.39 is 5.72 Å². The second-order valence-corrected chi connectivity index (χ2v) is 7.59. The van der Waals surface area contributed by atoms with Gasteiger partial charge in [0, 0.05) is 16.5 Å². The van der Waals surface area contributed by atoms with Gasteiger partial charge in [-0.05, 0) is 49.7 Å². The van der Waals surface area contributed by atoms with Crippen LogP contribution in [-0.4, -0.2) is 18.9 Å². The maximum absolute atomic E-state index is 13.0. The molecule has 2 heterocycles. The first-order valence-electron chi connectivity index (χ1n) is 8.15. The van der Waals surface area contributed by atoms with Crippen LogP contribution in [-0.2, 0) is 0 Å². The molecule has 0 radical (unpaired) electrons. The molecule has 1 fully saturated rings. The molecule has 1 N–H and O–H groups in total. The standard InChI is InChI=1S/C19H19BrN2O3/c1-11-4-6-17(24-3)15(8-11)22-18(23)21-14-10-19(22,2)25-16-7-5-12(20)9-13(14)16/h4-9,14H,10H2,1-3H3,(H,21,23). The van der Waals surface area contributed by atoms with Crippen molar-refractivity contribution in [2.75, 3.05) is 12.0 Å². The molecule has 5 nitrogen and oxygen atoms in total. The summed E-state index contributed by atoms with van der Waals surface area (Å²) in [5.74, 6) is 1.43. The van der Waals surface area contributed by atoms with E-state index in [1.165, 1.54) is 0 Å². The number of urea groups is 1. The minimum absolute atomic E-state index is 0.0780. The van der Waals surface area contributed by atoms with Gasteiger partial charge in [0.05, 0.1) is 18.8 Å². The molecule has 2 atom stereocenters. The van der Waals surface area contributed by atoms with Crippen LogP contribution in [0.2, 0.25) is 0 Å². The van der Waals surface area contributed by atoms with E-state index in [2.05, 4.69) is 21.2 Å². The Kier molecular flexibility index (Phi) is 3.68. The Labute approximate surface area is 155 Å². The van der Waals surface area contributed by atoms with Gasteiger partial charge in [-0.1, -0.05) is 22.0 Å². The summed E-state index contributed by atoms with van der Waals surface area (Å²) in [6.07, 6.45) is 0.652. The van der Waals surface area contributed by atoms with Crippen molar-refractivity contribution < 1.29 is 14.3 Å². The van der Waals surface area contributed by atoms with Crippen LogP contribution in [0, 0.1) is 6.92 Å². The Hall–Kier alpha value is -2.21. The number of aryl methyl sites for hydroxylation is 1. The highest BCUT2D eigenvalue weighted by Crippen LogP contribution is 2.47. The number of nitrogens with one attached hydrogen (secondary N) is 1. The topological polar surface area (TPSA) is 50.8 Å². The summed E-state index contributed by atoms with van der Waals surface area (Å²) in [5.41, 5.74) is 1.97. The highest BCUT2D eigenvalue weighted by Gasteiger charge is 2.50. The summed E-state index contributed by atoms with van der Waals surface area (Å²) in [4.78, 5) is 14.6. The molecular formula is C19H19BrN2O3. The number of methoxy groups -OCH3 is 1. The minimum Gasteiger partial charge on any atom is -0.495 e. The van der Waals surface area contributed by atoms with Crippen LogP contribution in [0.5, 0.6) is 11.5 Å². The van der Waals surface area contributed by atoms with Gasteiger partial charge in [-0.25, -0.2) is 4.79 Å². The second-order valence-electron chi connectivity index (χ2n) is 6.68. The van der Waals surface area contributed by atoms with Crippen molar-refractivity contribution in [3.63, 3.8) is 0 Å². The van der Waals surface area contributed by atoms with Crippen LogP contribution in [0.4, 0.5) is 10.5 Å². The van der Waals surface area contributed by atoms with Gasteiger partial charge in [0.25, 0.3) is 0 Å². The summed E-state index contributed by atoms with van der Waals surface area (Å²) in [5, 5.41) is 3.11. The predicted octanol–water partition coefficient (Wildman–Crippen LogP) is 4.54. The molecule has 2 aliphatic rings. The number of anilines is 1. The van der Waals surface area contributed by atoms with Gasteiger partial charge in [0.2, 0.25) is 0 Å². The quantitative estimate of drug-likeness (QED) is 0.802. The highest BCUT2D eigenvalue weighted by molar-refractivity contribution is 9.10. The van der Waals surface area contributed by atoms with Crippen LogP contribution in [0.3, 0.4) is 0 Å². The Bertz CT molecular complexity index is 870. The van der Waals surface area contributed by atoms with Gasteiger partial charge in [0.1, 0.15) is 11.5 Å². The number of hydrogen-bond acceptors (Lipinski definition) is 3. The Morgan fingerprint density at radius 3 is 2.88 bits per heavy atom. The van der Waals surface area contributed by atoms with Crippen LogP contribution in [0.15, 0.2) is 40.9 Å². The van der Waals surface area contributed by atoms with Crippen molar-refractivity contribution in [2.45, 2.75) is 32.0 Å². The number of carbonyl (C=O) groups is 1. The molecule has 2 aromatic carbocycles. The minimum atomic E-state index is -0.783. The van der Waals surface area contributed by atoms with E-state index in [1.807, 2.05) is 50.2 Å². The van der Waals surface area contributed by atoms with E-state index in [1.54, 1.807) is 12.0 Å². The number of halogens is 1. The van der Waals surface area contributed by atoms with Crippen LogP contribution < -0.4 is 19.7 Å². The van der Waals surface area contributed by atoms with Gasteiger partial charge in [-0.15, -0.1) is 0 Å². The molecule has 2 bridgehead atoms. The molecule has 25 heavy (non-hydrogen) atoms. The molecule has 2 aliphatic heterocycles. The smallest absolute Gasteiger partial charge is 0.325 e. The lowest BCUT2D eigenvalue weighted by atomic mass is 9.90. The molecule has 0 aliphatic carbocycles. The van der Waals surface area contributed by atoms with Crippen molar-refractivity contribution in [2.24, 2.45) is 0 Å². The highest BCUT2D eigenvalue weighted by atomic mass is 79.9. The lowest BCUT2D eigenvalue weighted by Gasteiger charge is -2.50. The summed E-state index contributed by atoms with van der Waals surface area (Å²) in [6, 6.07) is 11.4. The number of carbonyl (C=O) groups excluding carboxylic acids is 1. The van der Waals surface area contributed by atoms with Crippen molar-refractivity contribution in [1.29, 1.82) is 0 Å². The van der Waals surface area contributed by atoms with E-state index in [9.17, 15) is 4.79 Å². The maximum atomic E-state index is 13.0. The largest absolute Gasteiger partial charge is 0.495 e. The van der Waals surface area contributed by atoms with Crippen molar-refractivity contribution in [3.8, 4) is 11.5 Å². The van der Waals surface area contributed by atoms with Gasteiger partial charge in [0.15, 0.2) is 5.72 Å². The second kappa shape index (κ2) is 5.66. The zero-order chi connectivity index (χ0) is 17.8. The van der Waals surface area contributed by atoms with Gasteiger partial charge in [-0.3, -0.25) is 4.90 Å². The lowest BCUT2D eigenvalue weighted by Crippen LogP contribution is -2.65. The fourth-order valence-corrected chi connectivity index (χ4v) is 4.06. The van der Waals surface area contributed by atoms with E-state index in [4.69, 9.17) is 9.47 Å². The Morgan fingerprint density at radius 1 is 1.32 bits per heavy atom. The van der Waals surface area contributed by atoms with Gasteiger partial charge < -0.3 is 14.8 Å². The first kappa shape index (κ1) is 16.3. The number of ether oxygens (including phenoxy) is 2. The van der Waals surface area contributed by atoms with Crippen molar-refractivity contribution in [1.82, 2.24) is 5.32 Å². The van der Waals surface area contributed by atoms with Crippen molar-refractivity contribution in [3.05, 3.63) is 52.0 Å². The average molecular weight is 403 g/mol. The fourth-order valence-electron chi connectivity index (χ4n) is 3.68. The first-order chi connectivity index (χ1) is 11.9. The summed E-state index contributed by atoms with van der Waals surface area (Å²) < 4.78 is 12.8. The van der Waals surface area contributed by atoms with Crippen LogP contribution in [0.25, 0.3) is 0 Å². The fraction of sp³-hybridized carbons (Fsp3) is 0.316. The SMILES string of the molecule is COc1ccc(C)cc1N1C(=O)NC2CC1(C)Oc1ccc(Br)cc12. The average Bonchev–Trinajstić information content (AvgIpc) is 2.55. The molecule has 0 aromatic heterocycles. The molecule has 0 spiro atoms. The Balaban J connectivity index is 1.83. The number of amides is 2. The van der Waals surface area contributed by atoms with Crippen molar-refractivity contribution >= 4 is 27.6 Å². The van der Waals surface area contributed by atoms with Gasteiger partial charge in [-0.2, -0.15) is 0 Å². The third-order valence-electron chi connectivity index (χ3n) is 4.81. The number of hydrogen-bond donors (Lipinski definition) is 1. The first-order valence-corrected chi connectivity index (χ1v) is 8.94. The molecular weight excluding hydrogens is 384 g/mol. The number of rotatable bonds is 2. The third kappa shape index (κ3) is 2.56. The van der Waals surface area contributed by atoms with Crippen LogP contribution in [0.1, 0.15) is 30.5 Å².